The lowest BCUT2D eigenvalue weighted by molar-refractivity contribution is -0.119. The number of hydrogen-bond acceptors (Lipinski definition) is 6. The molecule has 7 heteroatoms. The van der Waals surface area contributed by atoms with Gasteiger partial charge in [0.25, 0.3) is 0 Å². The number of hydrogen-bond donors (Lipinski definition) is 2. The monoisotopic (exact) mass is 317 g/mol. The van der Waals surface area contributed by atoms with E-state index in [0.29, 0.717) is 6.54 Å². The number of aryl methyl sites for hydroxylation is 1. The van der Waals surface area contributed by atoms with Crippen molar-refractivity contribution in [2.24, 2.45) is 5.73 Å². The summed E-state index contributed by atoms with van der Waals surface area (Å²) >= 11 is 1.55. The van der Waals surface area contributed by atoms with Gasteiger partial charge < -0.3 is 11.1 Å². The third-order valence-corrected chi connectivity index (χ3v) is 4.51. The van der Waals surface area contributed by atoms with Gasteiger partial charge in [-0.3, -0.25) is 9.69 Å². The van der Waals surface area contributed by atoms with E-state index in [1.807, 2.05) is 30.6 Å². The number of carbonyl (C=O) groups excluding carboxylic acids is 1. The standard InChI is InChI=1S/C15H19N5OS/c1-10-4-5-14(17-7-10)19-15-18-11(9-22-15)12-3-2-6-20(12)8-13(16)21/h4-5,7,9,12H,2-3,6,8H2,1H3,(H2,16,21)(H,17,18,19). The van der Waals surface area contributed by atoms with Crippen molar-refractivity contribution in [1.29, 1.82) is 0 Å². The summed E-state index contributed by atoms with van der Waals surface area (Å²) in [5.74, 6) is 0.497. The summed E-state index contributed by atoms with van der Waals surface area (Å²) in [5.41, 5.74) is 7.44. The smallest absolute Gasteiger partial charge is 0.231 e. The fourth-order valence-electron chi connectivity index (χ4n) is 2.70. The number of primary amides is 1. The van der Waals surface area contributed by atoms with Gasteiger partial charge in [0.05, 0.1) is 18.3 Å². The summed E-state index contributed by atoms with van der Waals surface area (Å²) in [5, 5.41) is 6.08. The summed E-state index contributed by atoms with van der Waals surface area (Å²) in [6, 6.07) is 4.13. The fraction of sp³-hybridized carbons (Fsp3) is 0.400. The predicted molar refractivity (Wildman–Crippen MR) is 87.1 cm³/mol. The Balaban J connectivity index is 1.70. The molecule has 3 heterocycles. The number of carbonyl (C=O) groups is 1. The Bertz CT molecular complexity index is 654. The topological polar surface area (TPSA) is 84.1 Å². The van der Waals surface area contributed by atoms with Crippen LogP contribution >= 0.6 is 11.3 Å². The van der Waals surface area contributed by atoms with Crippen molar-refractivity contribution in [1.82, 2.24) is 14.9 Å². The fourth-order valence-corrected chi connectivity index (χ4v) is 3.46. The van der Waals surface area contributed by atoms with E-state index in [9.17, 15) is 4.79 Å². The summed E-state index contributed by atoms with van der Waals surface area (Å²) in [4.78, 5) is 22.2. The molecular weight excluding hydrogens is 298 g/mol. The number of anilines is 2. The van der Waals surface area contributed by atoms with Crippen LogP contribution in [0.15, 0.2) is 23.7 Å². The van der Waals surface area contributed by atoms with Crippen molar-refractivity contribution >= 4 is 28.2 Å². The normalized spacial score (nSPS) is 18.5. The molecule has 116 valence electrons. The molecule has 0 aliphatic carbocycles. The van der Waals surface area contributed by atoms with Gasteiger partial charge in [-0.15, -0.1) is 11.3 Å². The Hall–Kier alpha value is -1.99. The molecule has 1 saturated heterocycles. The maximum Gasteiger partial charge on any atom is 0.231 e. The number of pyridine rings is 1. The van der Waals surface area contributed by atoms with Crippen LogP contribution in [0.25, 0.3) is 0 Å². The average Bonchev–Trinajstić information content (AvgIpc) is 3.10. The molecule has 2 aromatic heterocycles. The maximum atomic E-state index is 11.1. The Labute approximate surface area is 133 Å². The molecule has 1 unspecified atom stereocenters. The van der Waals surface area contributed by atoms with Crippen molar-refractivity contribution in [3.63, 3.8) is 0 Å². The molecule has 0 radical (unpaired) electrons. The third kappa shape index (κ3) is 3.42. The molecule has 6 nitrogen and oxygen atoms in total. The minimum atomic E-state index is -0.288. The van der Waals surface area contributed by atoms with Crippen LogP contribution in [-0.2, 0) is 4.79 Å². The first-order chi connectivity index (χ1) is 10.6. The summed E-state index contributed by atoms with van der Waals surface area (Å²) in [6.45, 7) is 3.20. The Morgan fingerprint density at radius 2 is 2.41 bits per heavy atom. The van der Waals surface area contributed by atoms with Crippen molar-refractivity contribution in [2.45, 2.75) is 25.8 Å². The number of nitrogens with zero attached hydrogens (tertiary/aromatic N) is 3. The molecule has 0 aromatic carbocycles. The van der Waals surface area contributed by atoms with Crippen molar-refractivity contribution in [3.05, 3.63) is 35.0 Å². The lowest BCUT2D eigenvalue weighted by Gasteiger charge is -2.21. The molecule has 0 spiro atoms. The molecular formula is C15H19N5OS. The molecule has 1 aliphatic heterocycles. The van der Waals surface area contributed by atoms with Gasteiger partial charge in [-0.25, -0.2) is 9.97 Å². The lowest BCUT2D eigenvalue weighted by atomic mass is 10.2. The molecule has 0 bridgehead atoms. The van der Waals surface area contributed by atoms with E-state index in [0.717, 1.165) is 41.6 Å². The zero-order valence-corrected chi connectivity index (χ0v) is 13.3. The molecule has 3 N–H and O–H groups in total. The second-order valence-electron chi connectivity index (χ2n) is 5.52. The van der Waals surface area contributed by atoms with Crippen molar-refractivity contribution in [2.75, 3.05) is 18.4 Å². The van der Waals surface area contributed by atoms with Crippen LogP contribution in [0.2, 0.25) is 0 Å². The SMILES string of the molecule is Cc1ccc(Nc2nc(C3CCCN3CC(N)=O)cs2)nc1. The Morgan fingerprint density at radius 1 is 1.55 bits per heavy atom. The highest BCUT2D eigenvalue weighted by Gasteiger charge is 2.28. The van der Waals surface area contributed by atoms with E-state index in [2.05, 4.69) is 20.2 Å². The number of thiazole rings is 1. The first-order valence-corrected chi connectivity index (χ1v) is 8.17. The van der Waals surface area contributed by atoms with Crippen LogP contribution in [0.5, 0.6) is 0 Å². The molecule has 1 amide bonds. The number of aromatic nitrogens is 2. The highest BCUT2D eigenvalue weighted by Crippen LogP contribution is 2.33. The maximum absolute atomic E-state index is 11.1. The van der Waals surface area contributed by atoms with Gasteiger partial charge in [-0.05, 0) is 37.9 Å². The summed E-state index contributed by atoms with van der Waals surface area (Å²) < 4.78 is 0. The molecule has 22 heavy (non-hydrogen) atoms. The Kier molecular flexibility index (Phi) is 4.35. The second kappa shape index (κ2) is 6.41. The highest BCUT2D eigenvalue weighted by atomic mass is 32.1. The number of rotatable bonds is 5. The van der Waals surface area contributed by atoms with Gasteiger partial charge in [0.15, 0.2) is 5.13 Å². The van der Waals surface area contributed by atoms with Crippen molar-refractivity contribution < 1.29 is 4.79 Å². The molecule has 3 rings (SSSR count). The van der Waals surface area contributed by atoms with E-state index >= 15 is 0 Å². The zero-order chi connectivity index (χ0) is 15.5. The first-order valence-electron chi connectivity index (χ1n) is 7.29. The average molecular weight is 317 g/mol. The van der Waals surface area contributed by atoms with Gasteiger partial charge in [0.1, 0.15) is 5.82 Å². The summed E-state index contributed by atoms with van der Waals surface area (Å²) in [7, 11) is 0. The van der Waals surface area contributed by atoms with Gasteiger partial charge in [-0.1, -0.05) is 6.07 Å². The molecule has 2 aromatic rings. The third-order valence-electron chi connectivity index (χ3n) is 3.73. The molecule has 1 fully saturated rings. The van der Waals surface area contributed by atoms with Crippen LogP contribution in [-0.4, -0.2) is 33.9 Å². The van der Waals surface area contributed by atoms with Crippen LogP contribution < -0.4 is 11.1 Å². The van der Waals surface area contributed by atoms with Crippen LogP contribution in [0.4, 0.5) is 10.9 Å². The van der Waals surface area contributed by atoms with Crippen LogP contribution in [0.3, 0.4) is 0 Å². The Morgan fingerprint density at radius 3 is 3.14 bits per heavy atom. The minimum absolute atomic E-state index is 0.185. The van der Waals surface area contributed by atoms with E-state index in [4.69, 9.17) is 5.73 Å². The van der Waals surface area contributed by atoms with E-state index < -0.39 is 0 Å². The highest BCUT2D eigenvalue weighted by molar-refractivity contribution is 7.13. The number of likely N-dealkylation sites (tertiary alicyclic amines) is 1. The van der Waals surface area contributed by atoms with Gasteiger partial charge in [0, 0.05) is 11.6 Å². The van der Waals surface area contributed by atoms with Gasteiger partial charge in [0.2, 0.25) is 5.91 Å². The van der Waals surface area contributed by atoms with E-state index in [1.54, 1.807) is 11.3 Å². The second-order valence-corrected chi connectivity index (χ2v) is 6.38. The van der Waals surface area contributed by atoms with Gasteiger partial charge >= 0.3 is 0 Å². The predicted octanol–water partition coefficient (Wildman–Crippen LogP) is 2.21. The number of amides is 1. The molecule has 0 saturated carbocycles. The molecule has 1 aliphatic rings. The van der Waals surface area contributed by atoms with Crippen LogP contribution in [0.1, 0.15) is 30.1 Å². The largest absolute Gasteiger partial charge is 0.369 e. The van der Waals surface area contributed by atoms with E-state index in [-0.39, 0.29) is 11.9 Å². The lowest BCUT2D eigenvalue weighted by Crippen LogP contribution is -2.33. The van der Waals surface area contributed by atoms with Gasteiger partial charge in [-0.2, -0.15) is 0 Å². The zero-order valence-electron chi connectivity index (χ0n) is 12.5. The van der Waals surface area contributed by atoms with Crippen LogP contribution in [0, 0.1) is 6.92 Å². The number of nitrogens with two attached hydrogens (primary N) is 1. The summed E-state index contributed by atoms with van der Waals surface area (Å²) in [6.07, 6.45) is 3.90. The minimum Gasteiger partial charge on any atom is -0.369 e. The van der Waals surface area contributed by atoms with E-state index in [1.165, 1.54) is 0 Å². The molecule has 1 atom stereocenters. The quantitative estimate of drug-likeness (QED) is 0.883. The van der Waals surface area contributed by atoms with Crippen molar-refractivity contribution in [3.8, 4) is 0 Å². The number of nitrogens with one attached hydrogen (secondary N) is 1. The first kappa shape index (κ1) is 14.9.